The van der Waals surface area contributed by atoms with Crippen molar-refractivity contribution < 1.29 is 14.7 Å². The van der Waals surface area contributed by atoms with E-state index in [2.05, 4.69) is 5.32 Å². The maximum atomic E-state index is 12.3. The van der Waals surface area contributed by atoms with Crippen molar-refractivity contribution in [3.8, 4) is 0 Å². The van der Waals surface area contributed by atoms with Gasteiger partial charge in [0.1, 0.15) is 5.54 Å². The van der Waals surface area contributed by atoms with E-state index >= 15 is 0 Å². The molecule has 0 saturated heterocycles. The maximum Gasteiger partial charge on any atom is 0.329 e. The lowest BCUT2D eigenvalue weighted by atomic mass is 9.89. The third-order valence-corrected chi connectivity index (χ3v) is 4.08. The molecule has 0 aromatic heterocycles. The minimum atomic E-state index is -1.15. The van der Waals surface area contributed by atoms with Crippen molar-refractivity contribution in [3.05, 3.63) is 29.3 Å². The lowest BCUT2D eigenvalue weighted by Crippen LogP contribution is -2.56. The average Bonchev–Trinajstić information content (AvgIpc) is 3.23. The number of rotatable bonds is 5. The number of hydrogen-bond acceptors (Lipinski definition) is 3. The highest BCUT2D eigenvalue weighted by molar-refractivity contribution is 5.98. The molecule has 5 nitrogen and oxygen atoms in total. The van der Waals surface area contributed by atoms with Crippen LogP contribution in [0.4, 0.5) is 5.69 Å². The van der Waals surface area contributed by atoms with E-state index in [4.69, 9.17) is 5.73 Å². The average molecular weight is 276 g/mol. The number of carbonyl (C=O) groups is 2. The molecule has 4 N–H and O–H groups in total. The molecule has 1 aromatic rings. The topological polar surface area (TPSA) is 92.4 Å². The molecule has 1 aliphatic carbocycles. The zero-order valence-electron chi connectivity index (χ0n) is 11.8. The van der Waals surface area contributed by atoms with Crippen LogP contribution in [0.5, 0.6) is 0 Å². The Morgan fingerprint density at radius 3 is 2.55 bits per heavy atom. The van der Waals surface area contributed by atoms with Crippen LogP contribution in [0.1, 0.15) is 42.1 Å². The van der Waals surface area contributed by atoms with E-state index < -0.39 is 11.5 Å². The second-order valence-corrected chi connectivity index (χ2v) is 5.43. The summed E-state index contributed by atoms with van der Waals surface area (Å²) in [5, 5.41) is 12.2. The number of hydrogen-bond donors (Lipinski definition) is 3. The summed E-state index contributed by atoms with van der Waals surface area (Å²) in [4.78, 5) is 23.9. The summed E-state index contributed by atoms with van der Waals surface area (Å²) in [6.07, 6.45) is 2.08. The van der Waals surface area contributed by atoms with Crippen LogP contribution in [0.2, 0.25) is 0 Å². The predicted molar refractivity (Wildman–Crippen MR) is 76.4 cm³/mol. The third-order valence-electron chi connectivity index (χ3n) is 4.08. The first-order chi connectivity index (χ1) is 9.40. The molecular weight excluding hydrogens is 256 g/mol. The molecule has 0 bridgehead atoms. The molecule has 0 radical (unpaired) electrons. The Kier molecular flexibility index (Phi) is 3.70. The number of aryl methyl sites for hydroxylation is 1. The Bertz CT molecular complexity index is 552. The molecule has 1 aromatic carbocycles. The number of carboxylic acids is 1. The molecule has 0 heterocycles. The van der Waals surface area contributed by atoms with Gasteiger partial charge in [0.2, 0.25) is 0 Å². The van der Waals surface area contributed by atoms with Gasteiger partial charge < -0.3 is 16.2 Å². The molecule has 20 heavy (non-hydrogen) atoms. The fraction of sp³-hybridized carbons (Fsp3) is 0.467. The molecule has 1 fully saturated rings. The fourth-order valence-electron chi connectivity index (χ4n) is 2.53. The molecule has 2 rings (SSSR count). The van der Waals surface area contributed by atoms with Gasteiger partial charge in [0, 0.05) is 11.3 Å². The summed E-state index contributed by atoms with van der Waals surface area (Å²) in [5.74, 6) is -1.28. The normalized spacial score (nSPS) is 17.3. The van der Waals surface area contributed by atoms with E-state index in [9.17, 15) is 14.7 Å². The number of nitrogens with one attached hydrogen (secondary N) is 1. The second kappa shape index (κ2) is 5.15. The van der Waals surface area contributed by atoms with Crippen molar-refractivity contribution in [2.45, 2.75) is 38.6 Å². The number of nitrogen functional groups attached to an aromatic ring is 1. The van der Waals surface area contributed by atoms with Crippen LogP contribution in [0.15, 0.2) is 18.2 Å². The summed E-state index contributed by atoms with van der Waals surface area (Å²) < 4.78 is 0. The van der Waals surface area contributed by atoms with Crippen molar-refractivity contribution in [2.24, 2.45) is 5.92 Å². The number of benzene rings is 1. The van der Waals surface area contributed by atoms with Gasteiger partial charge in [0.15, 0.2) is 0 Å². The number of nitrogens with two attached hydrogens (primary N) is 1. The summed E-state index contributed by atoms with van der Waals surface area (Å²) in [5.41, 5.74) is 6.44. The van der Waals surface area contributed by atoms with E-state index in [-0.39, 0.29) is 11.8 Å². The van der Waals surface area contributed by atoms with Crippen LogP contribution in [0.25, 0.3) is 0 Å². The molecule has 5 heteroatoms. The molecule has 1 unspecified atom stereocenters. The molecule has 108 valence electrons. The number of anilines is 1. The van der Waals surface area contributed by atoms with Crippen LogP contribution in [-0.2, 0) is 4.79 Å². The highest BCUT2D eigenvalue weighted by Gasteiger charge is 2.51. The zero-order valence-corrected chi connectivity index (χ0v) is 11.8. The van der Waals surface area contributed by atoms with E-state index in [1.54, 1.807) is 25.1 Å². The lowest BCUT2D eigenvalue weighted by molar-refractivity contribution is -0.145. The Morgan fingerprint density at radius 1 is 1.45 bits per heavy atom. The Morgan fingerprint density at radius 2 is 2.10 bits per heavy atom. The predicted octanol–water partition coefficient (Wildman–Crippen LogP) is 1.95. The van der Waals surface area contributed by atoms with E-state index in [0.29, 0.717) is 17.7 Å². The smallest absolute Gasteiger partial charge is 0.329 e. The first-order valence-corrected chi connectivity index (χ1v) is 6.82. The molecule has 1 saturated carbocycles. The van der Waals surface area contributed by atoms with Gasteiger partial charge in [-0.2, -0.15) is 0 Å². The lowest BCUT2D eigenvalue weighted by Gasteiger charge is -2.29. The molecule has 0 spiro atoms. The van der Waals surface area contributed by atoms with Crippen LogP contribution < -0.4 is 11.1 Å². The van der Waals surface area contributed by atoms with Gasteiger partial charge >= 0.3 is 5.97 Å². The van der Waals surface area contributed by atoms with Gasteiger partial charge in [0.05, 0.1) is 0 Å². The van der Waals surface area contributed by atoms with Crippen molar-refractivity contribution in [2.75, 3.05) is 5.73 Å². The third kappa shape index (κ3) is 2.48. The molecule has 1 amide bonds. The minimum absolute atomic E-state index is 0.0313. The van der Waals surface area contributed by atoms with Crippen LogP contribution >= 0.6 is 0 Å². The number of amides is 1. The number of aliphatic carboxylic acids is 1. The first-order valence-electron chi connectivity index (χ1n) is 6.82. The van der Waals surface area contributed by atoms with Gasteiger partial charge in [-0.3, -0.25) is 4.79 Å². The van der Waals surface area contributed by atoms with Crippen molar-refractivity contribution >= 4 is 17.6 Å². The van der Waals surface area contributed by atoms with E-state index in [1.165, 1.54) is 0 Å². The molecule has 0 aliphatic heterocycles. The Hall–Kier alpha value is -2.04. The summed E-state index contributed by atoms with van der Waals surface area (Å²) in [6, 6.07) is 4.96. The van der Waals surface area contributed by atoms with Crippen LogP contribution in [0.3, 0.4) is 0 Å². The second-order valence-electron chi connectivity index (χ2n) is 5.43. The summed E-state index contributed by atoms with van der Waals surface area (Å²) in [6.45, 7) is 3.61. The zero-order chi connectivity index (χ0) is 14.9. The summed E-state index contributed by atoms with van der Waals surface area (Å²) in [7, 11) is 0. The van der Waals surface area contributed by atoms with Crippen LogP contribution in [-0.4, -0.2) is 22.5 Å². The van der Waals surface area contributed by atoms with Crippen molar-refractivity contribution in [3.63, 3.8) is 0 Å². The molecular formula is C15H20N2O3. The van der Waals surface area contributed by atoms with E-state index in [0.717, 1.165) is 18.4 Å². The SMILES string of the molecule is CCC(NC(=O)c1ccc(N)c(C)c1)(C(=O)O)C1CC1. The number of carbonyl (C=O) groups excluding carboxylic acids is 1. The minimum Gasteiger partial charge on any atom is -0.479 e. The van der Waals surface area contributed by atoms with Crippen molar-refractivity contribution in [1.29, 1.82) is 0 Å². The first kappa shape index (κ1) is 14.4. The maximum absolute atomic E-state index is 12.3. The standard InChI is InChI=1S/C15H20N2O3/c1-3-15(14(19)20,11-5-6-11)17-13(18)10-4-7-12(16)9(2)8-10/h4,7-8,11H,3,5-6,16H2,1-2H3,(H,17,18)(H,19,20). The van der Waals surface area contributed by atoms with Gasteiger partial charge in [-0.05, 0) is 55.9 Å². The Balaban J connectivity index is 2.24. The van der Waals surface area contributed by atoms with Gasteiger partial charge in [-0.1, -0.05) is 6.92 Å². The molecule has 1 atom stereocenters. The highest BCUT2D eigenvalue weighted by Crippen LogP contribution is 2.42. The summed E-state index contributed by atoms with van der Waals surface area (Å²) >= 11 is 0. The highest BCUT2D eigenvalue weighted by atomic mass is 16.4. The fourth-order valence-corrected chi connectivity index (χ4v) is 2.53. The van der Waals surface area contributed by atoms with Crippen molar-refractivity contribution in [1.82, 2.24) is 5.32 Å². The Labute approximate surface area is 118 Å². The van der Waals surface area contributed by atoms with Crippen LogP contribution in [0, 0.1) is 12.8 Å². The van der Waals surface area contributed by atoms with Gasteiger partial charge in [0.25, 0.3) is 5.91 Å². The van der Waals surface area contributed by atoms with Gasteiger partial charge in [-0.15, -0.1) is 0 Å². The number of carboxylic acid groups (broad SMARTS) is 1. The monoisotopic (exact) mass is 276 g/mol. The van der Waals surface area contributed by atoms with Gasteiger partial charge in [-0.25, -0.2) is 4.79 Å². The largest absolute Gasteiger partial charge is 0.479 e. The quantitative estimate of drug-likeness (QED) is 0.717. The molecule has 1 aliphatic rings. The van der Waals surface area contributed by atoms with E-state index in [1.807, 2.05) is 6.92 Å².